The van der Waals surface area contributed by atoms with Crippen LogP contribution in [0.1, 0.15) is 28.9 Å². The summed E-state index contributed by atoms with van der Waals surface area (Å²) in [5, 5.41) is 11.2. The predicted octanol–water partition coefficient (Wildman–Crippen LogP) is 3.79. The summed E-state index contributed by atoms with van der Waals surface area (Å²) in [6.07, 6.45) is -2.09. The van der Waals surface area contributed by atoms with E-state index >= 15 is 0 Å². The molecule has 0 spiro atoms. The van der Waals surface area contributed by atoms with E-state index in [2.05, 4.69) is 4.98 Å². The van der Waals surface area contributed by atoms with Gasteiger partial charge >= 0.3 is 6.18 Å². The van der Waals surface area contributed by atoms with Crippen LogP contribution in [0, 0.1) is 23.0 Å². The number of benzene rings is 1. The molecule has 5 nitrogen and oxygen atoms in total. The number of nitrogens with one attached hydrogen (secondary N) is 1. The highest BCUT2D eigenvalue weighted by Crippen LogP contribution is 2.38. The SMILES string of the molecule is N#Cc1ncc(C(=O)NCC(F)(F)F)c(N2CCCC2)c1-c1cc(F)cc(F)c1. The van der Waals surface area contributed by atoms with E-state index in [-0.39, 0.29) is 28.1 Å². The Morgan fingerprint density at radius 1 is 1.17 bits per heavy atom. The first kappa shape index (κ1) is 20.5. The Bertz CT molecular complexity index is 958. The summed E-state index contributed by atoms with van der Waals surface area (Å²) in [6.45, 7) is -0.604. The van der Waals surface area contributed by atoms with E-state index in [0.717, 1.165) is 31.2 Å². The molecule has 0 atom stereocenters. The molecule has 1 saturated heterocycles. The van der Waals surface area contributed by atoms with Crippen molar-refractivity contribution in [2.45, 2.75) is 19.0 Å². The minimum atomic E-state index is -4.61. The zero-order chi connectivity index (χ0) is 21.2. The Morgan fingerprint density at radius 2 is 1.79 bits per heavy atom. The summed E-state index contributed by atoms with van der Waals surface area (Å²) in [5.41, 5.74) is -0.274. The lowest BCUT2D eigenvalue weighted by Crippen LogP contribution is -2.35. The van der Waals surface area contributed by atoms with Gasteiger partial charge < -0.3 is 10.2 Å². The van der Waals surface area contributed by atoms with Crippen molar-refractivity contribution in [1.29, 1.82) is 5.26 Å². The van der Waals surface area contributed by atoms with Gasteiger partial charge in [-0.3, -0.25) is 4.79 Å². The van der Waals surface area contributed by atoms with Gasteiger partial charge in [-0.2, -0.15) is 18.4 Å². The van der Waals surface area contributed by atoms with Crippen molar-refractivity contribution in [2.24, 2.45) is 0 Å². The molecule has 1 aliphatic rings. The number of pyridine rings is 1. The molecule has 10 heteroatoms. The van der Waals surface area contributed by atoms with Crippen LogP contribution in [-0.2, 0) is 0 Å². The zero-order valence-electron chi connectivity index (χ0n) is 15.0. The van der Waals surface area contributed by atoms with Gasteiger partial charge in [0.2, 0.25) is 0 Å². The second kappa shape index (κ2) is 8.03. The number of alkyl halides is 3. The largest absolute Gasteiger partial charge is 0.405 e. The molecule has 0 bridgehead atoms. The number of hydrogen-bond donors (Lipinski definition) is 1. The highest BCUT2D eigenvalue weighted by molar-refractivity contribution is 6.04. The van der Waals surface area contributed by atoms with Gasteiger partial charge in [-0.05, 0) is 30.5 Å². The summed E-state index contributed by atoms with van der Waals surface area (Å²) in [7, 11) is 0. The molecule has 1 aromatic heterocycles. The Balaban J connectivity index is 2.20. The van der Waals surface area contributed by atoms with Gasteiger partial charge in [-0.1, -0.05) is 0 Å². The van der Waals surface area contributed by atoms with Crippen molar-refractivity contribution in [1.82, 2.24) is 10.3 Å². The average molecular weight is 410 g/mol. The standard InChI is InChI=1S/C19H15F5N4O/c20-12-5-11(6-13(21)7-12)16-15(8-25)26-9-14(17(16)28-3-1-2-4-28)18(29)27-10-19(22,23)24/h5-7,9H,1-4,10H2,(H,27,29). The summed E-state index contributed by atoms with van der Waals surface area (Å²) in [6, 6.07) is 4.44. The van der Waals surface area contributed by atoms with Crippen LogP contribution in [0.4, 0.5) is 27.6 Å². The number of nitriles is 1. The van der Waals surface area contributed by atoms with Crippen LogP contribution in [0.3, 0.4) is 0 Å². The number of hydrogen-bond acceptors (Lipinski definition) is 4. The van der Waals surface area contributed by atoms with Crippen molar-refractivity contribution < 1.29 is 26.7 Å². The normalized spacial score (nSPS) is 14.0. The molecule has 2 aromatic rings. The highest BCUT2D eigenvalue weighted by atomic mass is 19.4. The molecule has 1 amide bonds. The number of anilines is 1. The lowest BCUT2D eigenvalue weighted by atomic mass is 9.97. The lowest BCUT2D eigenvalue weighted by molar-refractivity contribution is -0.123. The molecular weight excluding hydrogens is 395 g/mol. The number of nitrogens with zero attached hydrogens (tertiary/aromatic N) is 3. The molecule has 1 fully saturated rings. The fourth-order valence-electron chi connectivity index (χ4n) is 3.27. The summed E-state index contributed by atoms with van der Waals surface area (Å²) in [4.78, 5) is 18.0. The third-order valence-electron chi connectivity index (χ3n) is 4.42. The highest BCUT2D eigenvalue weighted by Gasteiger charge is 2.31. The van der Waals surface area contributed by atoms with Gasteiger partial charge in [-0.25, -0.2) is 13.8 Å². The van der Waals surface area contributed by atoms with E-state index in [9.17, 15) is 32.0 Å². The molecule has 0 saturated carbocycles. The van der Waals surface area contributed by atoms with Crippen LogP contribution in [0.5, 0.6) is 0 Å². The first-order valence-electron chi connectivity index (χ1n) is 8.69. The summed E-state index contributed by atoms with van der Waals surface area (Å²) < 4.78 is 65.2. The number of carbonyl (C=O) groups excluding carboxylic acids is 1. The Labute approximate surface area is 162 Å². The monoisotopic (exact) mass is 410 g/mol. The van der Waals surface area contributed by atoms with Crippen molar-refractivity contribution in [2.75, 3.05) is 24.5 Å². The van der Waals surface area contributed by atoms with Crippen LogP contribution < -0.4 is 10.2 Å². The van der Waals surface area contributed by atoms with Crippen molar-refractivity contribution >= 4 is 11.6 Å². The van der Waals surface area contributed by atoms with Crippen molar-refractivity contribution in [3.63, 3.8) is 0 Å². The van der Waals surface area contributed by atoms with Crippen LogP contribution >= 0.6 is 0 Å². The van der Waals surface area contributed by atoms with E-state index < -0.39 is 30.3 Å². The number of amides is 1. The minimum Gasteiger partial charge on any atom is -0.370 e. The molecule has 0 aliphatic carbocycles. The molecule has 1 aromatic carbocycles. The quantitative estimate of drug-likeness (QED) is 0.779. The maximum Gasteiger partial charge on any atom is 0.405 e. The second-order valence-electron chi connectivity index (χ2n) is 6.51. The molecule has 0 radical (unpaired) electrons. The van der Waals surface area contributed by atoms with Gasteiger partial charge in [0.05, 0.1) is 11.3 Å². The van der Waals surface area contributed by atoms with Gasteiger partial charge in [0.1, 0.15) is 29.9 Å². The molecule has 3 rings (SSSR count). The average Bonchev–Trinajstić information content (AvgIpc) is 3.17. The van der Waals surface area contributed by atoms with Gasteiger partial charge in [0, 0.05) is 30.9 Å². The van der Waals surface area contributed by atoms with Crippen LogP contribution in [0.2, 0.25) is 0 Å². The summed E-state index contributed by atoms with van der Waals surface area (Å²) in [5.74, 6) is -2.84. The zero-order valence-corrected chi connectivity index (χ0v) is 15.0. The first-order valence-corrected chi connectivity index (χ1v) is 8.69. The fraction of sp³-hybridized carbons (Fsp3) is 0.316. The molecule has 1 aliphatic heterocycles. The third kappa shape index (κ3) is 4.62. The fourth-order valence-corrected chi connectivity index (χ4v) is 3.27. The van der Waals surface area contributed by atoms with Gasteiger partial charge in [-0.15, -0.1) is 0 Å². The predicted molar refractivity (Wildman–Crippen MR) is 94.1 cm³/mol. The van der Waals surface area contributed by atoms with E-state index in [1.165, 1.54) is 0 Å². The molecule has 29 heavy (non-hydrogen) atoms. The van der Waals surface area contributed by atoms with E-state index in [0.29, 0.717) is 19.2 Å². The lowest BCUT2D eigenvalue weighted by Gasteiger charge is -2.25. The number of rotatable bonds is 4. The Kier molecular flexibility index (Phi) is 5.68. The number of aromatic nitrogens is 1. The number of carbonyl (C=O) groups is 1. The minimum absolute atomic E-state index is 0.00691. The van der Waals surface area contributed by atoms with Gasteiger partial charge in [0.15, 0.2) is 0 Å². The first-order chi connectivity index (χ1) is 13.7. The van der Waals surface area contributed by atoms with Crippen LogP contribution in [-0.4, -0.2) is 36.7 Å². The smallest absolute Gasteiger partial charge is 0.370 e. The van der Waals surface area contributed by atoms with Crippen molar-refractivity contribution in [3.05, 3.63) is 47.3 Å². The van der Waals surface area contributed by atoms with Crippen LogP contribution in [0.15, 0.2) is 24.4 Å². The Hall–Kier alpha value is -3.22. The van der Waals surface area contributed by atoms with E-state index in [4.69, 9.17) is 0 Å². The van der Waals surface area contributed by atoms with Crippen LogP contribution in [0.25, 0.3) is 11.1 Å². The molecule has 0 unspecified atom stereocenters. The summed E-state index contributed by atoms with van der Waals surface area (Å²) >= 11 is 0. The maximum atomic E-state index is 13.8. The van der Waals surface area contributed by atoms with Crippen molar-refractivity contribution in [3.8, 4) is 17.2 Å². The molecule has 152 valence electrons. The third-order valence-corrected chi connectivity index (χ3v) is 4.42. The molecular formula is C19H15F5N4O. The molecule has 2 heterocycles. The van der Waals surface area contributed by atoms with Gasteiger partial charge in [0.25, 0.3) is 5.91 Å². The number of halogens is 5. The van der Waals surface area contributed by atoms with E-state index in [1.807, 2.05) is 6.07 Å². The van der Waals surface area contributed by atoms with E-state index in [1.54, 1.807) is 10.2 Å². The Morgan fingerprint density at radius 3 is 2.34 bits per heavy atom. The second-order valence-corrected chi connectivity index (χ2v) is 6.51. The topological polar surface area (TPSA) is 69.0 Å². The molecule has 1 N–H and O–H groups in total. The maximum absolute atomic E-state index is 13.8.